The summed E-state index contributed by atoms with van der Waals surface area (Å²) in [5.41, 5.74) is 3.74. The van der Waals surface area contributed by atoms with E-state index < -0.39 is 12.2 Å². The average Bonchev–Trinajstić information content (AvgIpc) is 3.23. The molecule has 306 valence electrons. The molecule has 0 aliphatic heterocycles. The zero-order valence-corrected chi connectivity index (χ0v) is 33.4. The van der Waals surface area contributed by atoms with Gasteiger partial charge in [-0.05, 0) is 111 Å². The number of hydrogen-bond donors (Lipinski definition) is 4. The van der Waals surface area contributed by atoms with Crippen LogP contribution in [0.5, 0.6) is 28.7 Å². The Bertz CT molecular complexity index is 1900. The number of carbonyl (C=O) groups excluding carboxylic acids is 3. The van der Waals surface area contributed by atoms with Crippen LogP contribution >= 0.6 is 0 Å². The van der Waals surface area contributed by atoms with Gasteiger partial charge >= 0.3 is 0 Å². The number of nitrogens with one attached hydrogen (secondary N) is 2. The Labute approximate surface area is 334 Å². The van der Waals surface area contributed by atoms with Crippen LogP contribution < -0.4 is 34.3 Å². The Balaban J connectivity index is 1.18. The number of nitrogens with zero attached hydrogens (tertiary/aromatic N) is 1. The molecule has 3 atom stereocenters. The molecule has 0 aromatic heterocycles. The molecule has 4 aromatic rings. The predicted molar refractivity (Wildman–Crippen MR) is 216 cm³/mol. The standard InChI is InChI=1S/C44H55N3O10/c1-47(2)26-32(24-45-43(51)28-56-36-10-6-8-33(22-36)38(49)17-13-30-12-16-35(27-48)41(20-30)54-4)25-46-44(52)29-57-37-11-7-9-34(23-37)39(50)18-14-31-15-19-40(53-3)42(21-31)55-5/h6-12,15-16,19-23,27,32,38-39,49-50H,13-14,17-18,24-26,28-29H2,1-5H3,(H,45,51)(H,46,52)/t32?,38-,39-/m1/s1. The molecule has 0 heterocycles. The van der Waals surface area contributed by atoms with Crippen molar-refractivity contribution < 1.29 is 48.3 Å². The molecule has 0 aliphatic carbocycles. The fraction of sp³-hybridized carbons (Fsp3) is 0.386. The summed E-state index contributed by atoms with van der Waals surface area (Å²) in [5.74, 6) is 1.96. The van der Waals surface area contributed by atoms with Gasteiger partial charge in [-0.15, -0.1) is 0 Å². The minimum absolute atomic E-state index is 0.0925. The lowest BCUT2D eigenvalue weighted by atomic mass is 10.00. The number of rotatable bonds is 24. The third-order valence-corrected chi connectivity index (χ3v) is 9.31. The first-order chi connectivity index (χ1) is 27.5. The van der Waals surface area contributed by atoms with Gasteiger partial charge in [0.2, 0.25) is 0 Å². The van der Waals surface area contributed by atoms with E-state index in [1.807, 2.05) is 49.3 Å². The number of carbonyl (C=O) groups is 3. The smallest absolute Gasteiger partial charge is 0.257 e. The van der Waals surface area contributed by atoms with Gasteiger partial charge in [-0.2, -0.15) is 0 Å². The maximum atomic E-state index is 12.8. The second-order valence-corrected chi connectivity index (χ2v) is 14.0. The van der Waals surface area contributed by atoms with Crippen molar-refractivity contribution in [3.8, 4) is 28.7 Å². The van der Waals surface area contributed by atoms with Crippen molar-refractivity contribution in [3.63, 3.8) is 0 Å². The molecule has 13 heteroatoms. The van der Waals surface area contributed by atoms with Gasteiger partial charge in [-0.1, -0.05) is 36.4 Å². The summed E-state index contributed by atoms with van der Waals surface area (Å²) < 4.78 is 27.5. The van der Waals surface area contributed by atoms with E-state index in [1.165, 1.54) is 7.11 Å². The number of aliphatic hydroxyl groups is 2. The van der Waals surface area contributed by atoms with Crippen molar-refractivity contribution in [2.45, 2.75) is 37.9 Å². The van der Waals surface area contributed by atoms with E-state index in [4.69, 9.17) is 23.7 Å². The highest BCUT2D eigenvalue weighted by atomic mass is 16.5. The molecule has 0 fully saturated rings. The molecule has 4 N–H and O–H groups in total. The van der Waals surface area contributed by atoms with Crippen molar-refractivity contribution in [2.24, 2.45) is 5.92 Å². The molecule has 4 rings (SSSR count). The van der Waals surface area contributed by atoms with Crippen molar-refractivity contribution in [1.82, 2.24) is 15.5 Å². The lowest BCUT2D eigenvalue weighted by molar-refractivity contribution is -0.123. The van der Waals surface area contributed by atoms with Crippen LogP contribution in [-0.2, 0) is 22.4 Å². The highest BCUT2D eigenvalue weighted by Gasteiger charge is 2.16. The van der Waals surface area contributed by atoms with Gasteiger partial charge < -0.3 is 49.4 Å². The molecule has 0 saturated heterocycles. The van der Waals surface area contributed by atoms with Gasteiger partial charge in [-0.3, -0.25) is 14.4 Å². The first-order valence-corrected chi connectivity index (χ1v) is 18.8. The van der Waals surface area contributed by atoms with E-state index in [0.29, 0.717) is 90.8 Å². The molecule has 13 nitrogen and oxygen atoms in total. The highest BCUT2D eigenvalue weighted by Crippen LogP contribution is 2.30. The number of methoxy groups -OCH3 is 3. The Hall–Kier alpha value is -5.63. The molecular weight excluding hydrogens is 730 g/mol. The SMILES string of the molecule is COc1cc(CC[C@@H](O)c2cccc(OCC(=O)NCC(CNC(=O)COc3cccc([C@H](O)CCc4ccc(OC)c(OC)c4)c3)CN(C)C)c2)ccc1C=O. The predicted octanol–water partition coefficient (Wildman–Crippen LogP) is 4.73. The van der Waals surface area contributed by atoms with Crippen LogP contribution in [-0.4, -0.2) is 101 Å². The maximum absolute atomic E-state index is 12.8. The summed E-state index contributed by atoms with van der Waals surface area (Å²) in [5, 5.41) is 27.5. The number of hydrogen-bond acceptors (Lipinski definition) is 11. The summed E-state index contributed by atoms with van der Waals surface area (Å²) in [7, 11) is 8.51. The Morgan fingerprint density at radius 2 is 1.16 bits per heavy atom. The van der Waals surface area contributed by atoms with E-state index in [0.717, 1.165) is 17.4 Å². The molecule has 0 saturated carbocycles. The van der Waals surface area contributed by atoms with Crippen LogP contribution in [0, 0.1) is 5.92 Å². The van der Waals surface area contributed by atoms with Gasteiger partial charge in [0, 0.05) is 25.6 Å². The summed E-state index contributed by atoms with van der Waals surface area (Å²) in [6, 6.07) is 25.0. The van der Waals surface area contributed by atoms with E-state index in [2.05, 4.69) is 10.6 Å². The molecule has 1 unspecified atom stereocenters. The summed E-state index contributed by atoms with van der Waals surface area (Å²) in [6.45, 7) is 0.796. The van der Waals surface area contributed by atoms with E-state index >= 15 is 0 Å². The molecule has 4 aromatic carbocycles. The van der Waals surface area contributed by atoms with E-state index in [1.54, 1.807) is 68.8 Å². The van der Waals surface area contributed by atoms with Gasteiger partial charge in [0.25, 0.3) is 11.8 Å². The quantitative estimate of drug-likeness (QED) is 0.0727. The highest BCUT2D eigenvalue weighted by molar-refractivity contribution is 5.79. The summed E-state index contributed by atoms with van der Waals surface area (Å²) in [6.07, 6.45) is 1.34. The number of benzene rings is 4. The van der Waals surface area contributed by atoms with Crippen LogP contribution in [0.4, 0.5) is 0 Å². The fourth-order valence-corrected chi connectivity index (χ4v) is 6.24. The largest absolute Gasteiger partial charge is 0.496 e. The number of aldehydes is 1. The van der Waals surface area contributed by atoms with Crippen LogP contribution in [0.2, 0.25) is 0 Å². The third-order valence-electron chi connectivity index (χ3n) is 9.31. The Morgan fingerprint density at radius 3 is 1.63 bits per heavy atom. The molecule has 2 amide bonds. The zero-order valence-electron chi connectivity index (χ0n) is 33.4. The molecule has 0 bridgehead atoms. The average molecular weight is 786 g/mol. The zero-order chi connectivity index (χ0) is 41.2. The lowest BCUT2D eigenvalue weighted by Gasteiger charge is -2.22. The summed E-state index contributed by atoms with van der Waals surface area (Å²) >= 11 is 0. The molecule has 0 radical (unpaired) electrons. The van der Waals surface area contributed by atoms with E-state index in [9.17, 15) is 24.6 Å². The van der Waals surface area contributed by atoms with Crippen LogP contribution in [0.15, 0.2) is 84.9 Å². The number of amides is 2. The Morgan fingerprint density at radius 1 is 0.667 bits per heavy atom. The van der Waals surface area contributed by atoms with Crippen LogP contribution in [0.25, 0.3) is 0 Å². The van der Waals surface area contributed by atoms with Crippen LogP contribution in [0.3, 0.4) is 0 Å². The Kier molecular flexibility index (Phi) is 17.6. The molecular formula is C44H55N3O10. The third kappa shape index (κ3) is 14.4. The molecule has 0 aliphatic rings. The van der Waals surface area contributed by atoms with Crippen molar-refractivity contribution in [2.75, 3.05) is 68.3 Å². The maximum Gasteiger partial charge on any atom is 0.257 e. The van der Waals surface area contributed by atoms with Crippen molar-refractivity contribution in [3.05, 3.63) is 113 Å². The normalized spacial score (nSPS) is 12.6. The second kappa shape index (κ2) is 22.8. The van der Waals surface area contributed by atoms with Gasteiger partial charge in [0.15, 0.2) is 31.0 Å². The number of aliphatic hydroxyl groups excluding tert-OH is 2. The number of aryl methyl sites for hydroxylation is 2. The van der Waals surface area contributed by atoms with Gasteiger partial charge in [0.1, 0.15) is 17.2 Å². The fourth-order valence-electron chi connectivity index (χ4n) is 6.24. The van der Waals surface area contributed by atoms with Gasteiger partial charge in [0.05, 0.1) is 39.1 Å². The topological polar surface area (TPSA) is 165 Å². The summed E-state index contributed by atoms with van der Waals surface area (Å²) in [4.78, 5) is 38.7. The lowest BCUT2D eigenvalue weighted by Crippen LogP contribution is -2.43. The molecule has 57 heavy (non-hydrogen) atoms. The molecule has 0 spiro atoms. The minimum Gasteiger partial charge on any atom is -0.496 e. The first kappa shape index (κ1) is 44.1. The van der Waals surface area contributed by atoms with Crippen molar-refractivity contribution >= 4 is 18.1 Å². The van der Waals surface area contributed by atoms with Crippen molar-refractivity contribution in [1.29, 1.82) is 0 Å². The van der Waals surface area contributed by atoms with Crippen LogP contribution in [0.1, 0.15) is 57.7 Å². The second-order valence-electron chi connectivity index (χ2n) is 14.0. The number of ether oxygens (including phenoxy) is 5. The first-order valence-electron chi connectivity index (χ1n) is 18.8. The van der Waals surface area contributed by atoms with Gasteiger partial charge in [-0.25, -0.2) is 0 Å². The van der Waals surface area contributed by atoms with E-state index in [-0.39, 0.29) is 30.9 Å². The monoisotopic (exact) mass is 785 g/mol. The minimum atomic E-state index is -0.767.